The summed E-state index contributed by atoms with van der Waals surface area (Å²) in [5, 5.41) is 0. The van der Waals surface area contributed by atoms with Crippen molar-refractivity contribution in [2.45, 2.75) is 45.4 Å². The summed E-state index contributed by atoms with van der Waals surface area (Å²) in [5.74, 6) is 1.36. The molecular formula is C30H35FN3O2+. The van der Waals surface area contributed by atoms with Gasteiger partial charge in [0.15, 0.2) is 17.7 Å². The van der Waals surface area contributed by atoms with Gasteiger partial charge in [-0.1, -0.05) is 43.7 Å². The molecule has 0 saturated carbocycles. The number of nitrogens with zero attached hydrogens (tertiary/aromatic N) is 2. The second kappa shape index (κ2) is 10.7. The van der Waals surface area contributed by atoms with Crippen LogP contribution in [0.3, 0.4) is 0 Å². The average Bonchev–Trinajstić information content (AvgIpc) is 3.46. The van der Waals surface area contributed by atoms with Crippen molar-refractivity contribution < 1.29 is 18.3 Å². The summed E-state index contributed by atoms with van der Waals surface area (Å²) in [5.41, 5.74) is 10.9. The van der Waals surface area contributed by atoms with E-state index in [9.17, 15) is 4.39 Å². The van der Waals surface area contributed by atoms with Crippen molar-refractivity contribution in [2.75, 3.05) is 19.9 Å². The summed E-state index contributed by atoms with van der Waals surface area (Å²) in [7, 11) is 0. The lowest BCUT2D eigenvalue weighted by Crippen LogP contribution is -2.47. The zero-order valence-electron chi connectivity index (χ0n) is 20.9. The van der Waals surface area contributed by atoms with Gasteiger partial charge in [-0.25, -0.2) is 4.39 Å². The van der Waals surface area contributed by atoms with Crippen molar-refractivity contribution in [1.29, 1.82) is 0 Å². The van der Waals surface area contributed by atoms with Crippen LogP contribution in [0.1, 0.15) is 49.0 Å². The normalized spacial score (nSPS) is 20.6. The van der Waals surface area contributed by atoms with Crippen molar-refractivity contribution in [3.63, 3.8) is 0 Å². The molecule has 3 aromatic rings. The summed E-state index contributed by atoms with van der Waals surface area (Å²) in [6, 6.07) is 23.9. The molecule has 5 rings (SSSR count). The Labute approximate surface area is 213 Å². The highest BCUT2D eigenvalue weighted by atomic mass is 19.1. The molecule has 2 N–H and O–H groups in total. The van der Waals surface area contributed by atoms with Gasteiger partial charge in [0.25, 0.3) is 0 Å². The number of nitrogens with two attached hydrogens (primary N) is 1. The molecule has 2 aliphatic rings. The molecule has 5 nitrogen and oxygen atoms in total. The van der Waals surface area contributed by atoms with Crippen molar-refractivity contribution >= 4 is 0 Å². The lowest BCUT2D eigenvalue weighted by Gasteiger charge is -2.42. The highest BCUT2D eigenvalue weighted by Gasteiger charge is 2.47. The van der Waals surface area contributed by atoms with E-state index in [1.807, 2.05) is 18.2 Å². The maximum absolute atomic E-state index is 14.0. The molecule has 2 unspecified atom stereocenters. The molecule has 6 heteroatoms. The first-order valence-corrected chi connectivity index (χ1v) is 12.8. The summed E-state index contributed by atoms with van der Waals surface area (Å²) in [6.45, 7) is 5.54. The number of quaternary nitrogens is 1. The van der Waals surface area contributed by atoms with Gasteiger partial charge in [-0.05, 0) is 55.4 Å². The van der Waals surface area contributed by atoms with Crippen LogP contribution in [0.4, 0.5) is 4.39 Å². The van der Waals surface area contributed by atoms with Gasteiger partial charge in [0.2, 0.25) is 6.79 Å². The molecule has 0 saturated heterocycles. The third kappa shape index (κ3) is 4.97. The minimum atomic E-state index is -0.219. The molecule has 0 radical (unpaired) electrons. The van der Waals surface area contributed by atoms with Crippen LogP contribution in [0, 0.1) is 5.82 Å². The molecule has 188 valence electrons. The first-order chi connectivity index (χ1) is 17.6. The lowest BCUT2D eigenvalue weighted by atomic mass is 10.0. The van der Waals surface area contributed by atoms with Gasteiger partial charge in [0.1, 0.15) is 25.1 Å². The Bertz CT molecular complexity index is 1200. The van der Waals surface area contributed by atoms with E-state index in [1.54, 1.807) is 12.1 Å². The first kappa shape index (κ1) is 24.3. The Morgan fingerprint density at radius 3 is 2.44 bits per heavy atom. The Hall–Kier alpha value is -3.35. The number of unbranched alkanes of at least 4 members (excludes halogenated alkanes) is 1. The quantitative estimate of drug-likeness (QED) is 0.352. The van der Waals surface area contributed by atoms with E-state index in [2.05, 4.69) is 60.5 Å². The predicted molar refractivity (Wildman–Crippen MR) is 139 cm³/mol. The van der Waals surface area contributed by atoms with Crippen LogP contribution in [0.2, 0.25) is 0 Å². The fourth-order valence-corrected chi connectivity index (χ4v) is 5.56. The summed E-state index contributed by atoms with van der Waals surface area (Å²) >= 11 is 0. The molecule has 0 fully saturated rings. The standard InChI is InChI=1S/C30H35FN3O2/c1-2-3-17-33-27(15-16-32)21-34(19-23-7-5-4-6-8-23,30(33)25-10-12-26(31)13-11-25)20-24-9-14-28-29(18-24)36-22-35-28/h4-14,18,21,30H,2-3,15-17,19-20,22,32H2,1H3/q+1. The average molecular weight is 489 g/mol. The van der Waals surface area contributed by atoms with Crippen LogP contribution in [0.5, 0.6) is 11.5 Å². The predicted octanol–water partition coefficient (Wildman–Crippen LogP) is 6.08. The molecule has 36 heavy (non-hydrogen) atoms. The van der Waals surface area contributed by atoms with Gasteiger partial charge in [-0.3, -0.25) is 4.48 Å². The number of hydrogen-bond acceptors (Lipinski definition) is 4. The SMILES string of the molecule is CCCCN1C(CCN)=C[N+](Cc2ccccc2)(Cc2ccc3c(c2)OCO3)C1c1ccc(F)cc1. The van der Waals surface area contributed by atoms with Gasteiger partial charge in [-0.2, -0.15) is 0 Å². The lowest BCUT2D eigenvalue weighted by molar-refractivity contribution is -0.939. The number of halogens is 1. The Kier molecular flexibility index (Phi) is 7.25. The van der Waals surface area contributed by atoms with Gasteiger partial charge in [0.05, 0.1) is 5.70 Å². The Morgan fingerprint density at radius 1 is 0.944 bits per heavy atom. The molecule has 2 atom stereocenters. The fourth-order valence-electron chi connectivity index (χ4n) is 5.56. The summed E-state index contributed by atoms with van der Waals surface area (Å²) < 4.78 is 25.9. The van der Waals surface area contributed by atoms with Crippen LogP contribution in [0.25, 0.3) is 0 Å². The molecule has 0 aliphatic carbocycles. The van der Waals surface area contributed by atoms with E-state index >= 15 is 0 Å². The van der Waals surface area contributed by atoms with E-state index in [-0.39, 0.29) is 18.8 Å². The number of hydrogen-bond donors (Lipinski definition) is 1. The number of rotatable bonds is 10. The number of ether oxygens (including phenoxy) is 2. The molecule has 0 bridgehead atoms. The number of fused-ring (bicyclic) bond motifs is 1. The van der Waals surface area contributed by atoms with Gasteiger partial charge < -0.3 is 20.1 Å². The van der Waals surface area contributed by atoms with E-state index in [4.69, 9.17) is 15.2 Å². The highest BCUT2D eigenvalue weighted by Crippen LogP contribution is 2.46. The third-order valence-electron chi connectivity index (χ3n) is 7.11. The van der Waals surface area contributed by atoms with Crippen molar-refractivity contribution in [1.82, 2.24) is 4.90 Å². The monoisotopic (exact) mass is 488 g/mol. The largest absolute Gasteiger partial charge is 0.454 e. The van der Waals surface area contributed by atoms with E-state index in [1.165, 1.54) is 16.8 Å². The zero-order valence-corrected chi connectivity index (χ0v) is 20.9. The van der Waals surface area contributed by atoms with Crippen molar-refractivity contribution in [3.05, 3.63) is 107 Å². The van der Waals surface area contributed by atoms with Crippen molar-refractivity contribution in [3.8, 4) is 11.5 Å². The van der Waals surface area contributed by atoms with Crippen LogP contribution in [-0.2, 0) is 13.1 Å². The molecule has 0 amide bonds. The maximum Gasteiger partial charge on any atom is 0.231 e. The summed E-state index contributed by atoms with van der Waals surface area (Å²) in [4.78, 5) is 2.51. The Balaban J connectivity index is 1.64. The highest BCUT2D eigenvalue weighted by molar-refractivity contribution is 5.44. The number of benzene rings is 3. The van der Waals surface area contributed by atoms with Gasteiger partial charge >= 0.3 is 0 Å². The van der Waals surface area contributed by atoms with Crippen LogP contribution >= 0.6 is 0 Å². The molecular weight excluding hydrogens is 453 g/mol. The molecule has 3 aromatic carbocycles. The minimum Gasteiger partial charge on any atom is -0.454 e. The fraction of sp³-hybridized carbons (Fsp3) is 0.333. The maximum atomic E-state index is 14.0. The molecule has 0 spiro atoms. The van der Waals surface area contributed by atoms with E-state index < -0.39 is 0 Å². The topological polar surface area (TPSA) is 47.7 Å². The van der Waals surface area contributed by atoms with Crippen LogP contribution < -0.4 is 15.2 Å². The van der Waals surface area contributed by atoms with E-state index in [0.29, 0.717) is 11.0 Å². The minimum absolute atomic E-state index is 0.00401. The second-order valence-electron chi connectivity index (χ2n) is 9.72. The van der Waals surface area contributed by atoms with Gasteiger partial charge in [-0.15, -0.1) is 0 Å². The van der Waals surface area contributed by atoms with Crippen LogP contribution in [0.15, 0.2) is 84.7 Å². The second-order valence-corrected chi connectivity index (χ2v) is 9.72. The van der Waals surface area contributed by atoms with Crippen molar-refractivity contribution in [2.24, 2.45) is 5.73 Å². The smallest absolute Gasteiger partial charge is 0.231 e. The first-order valence-electron chi connectivity index (χ1n) is 12.8. The van der Waals surface area contributed by atoms with E-state index in [0.717, 1.165) is 56.0 Å². The van der Waals surface area contributed by atoms with Crippen LogP contribution in [-0.4, -0.2) is 29.3 Å². The zero-order chi connectivity index (χ0) is 25.0. The van der Waals surface area contributed by atoms with Gasteiger partial charge in [0, 0.05) is 29.7 Å². The molecule has 0 aromatic heterocycles. The summed E-state index contributed by atoms with van der Waals surface area (Å²) in [6.07, 6.45) is 5.40. The molecule has 2 heterocycles. The third-order valence-corrected chi connectivity index (χ3v) is 7.11. The Morgan fingerprint density at radius 2 is 1.69 bits per heavy atom. The molecule has 2 aliphatic heterocycles.